The molecular formula is C22H19N5. The van der Waals surface area contributed by atoms with Crippen LogP contribution >= 0.6 is 0 Å². The number of aromatic nitrogens is 3. The van der Waals surface area contributed by atoms with Gasteiger partial charge in [-0.3, -0.25) is 4.98 Å². The van der Waals surface area contributed by atoms with E-state index in [9.17, 15) is 0 Å². The third kappa shape index (κ3) is 2.56. The van der Waals surface area contributed by atoms with E-state index in [1.165, 1.54) is 0 Å². The highest BCUT2D eigenvalue weighted by Crippen LogP contribution is 2.35. The van der Waals surface area contributed by atoms with Gasteiger partial charge < -0.3 is 15.2 Å². The summed E-state index contributed by atoms with van der Waals surface area (Å²) in [5.41, 5.74) is 4.08. The molecule has 0 saturated heterocycles. The van der Waals surface area contributed by atoms with E-state index in [4.69, 9.17) is 4.98 Å². The van der Waals surface area contributed by atoms with Gasteiger partial charge in [0, 0.05) is 54.0 Å². The first kappa shape index (κ1) is 15.6. The number of fused-ring (bicyclic) bond motifs is 5. The van der Waals surface area contributed by atoms with Crippen LogP contribution in [0.25, 0.3) is 32.7 Å². The molecule has 0 aliphatic heterocycles. The summed E-state index contributed by atoms with van der Waals surface area (Å²) < 4.78 is 0. The van der Waals surface area contributed by atoms with Gasteiger partial charge in [0.25, 0.3) is 0 Å². The van der Waals surface area contributed by atoms with E-state index < -0.39 is 0 Å². The van der Waals surface area contributed by atoms with Gasteiger partial charge in [-0.2, -0.15) is 0 Å². The molecule has 5 rings (SSSR count). The largest absolute Gasteiger partial charge is 0.378 e. The average molecular weight is 353 g/mol. The van der Waals surface area contributed by atoms with Gasteiger partial charge in [0.15, 0.2) is 0 Å². The van der Waals surface area contributed by atoms with Crippen LogP contribution in [0.3, 0.4) is 0 Å². The van der Waals surface area contributed by atoms with Crippen molar-refractivity contribution in [3.05, 3.63) is 67.0 Å². The number of hydrogen-bond donors (Lipinski definition) is 2. The molecule has 0 fully saturated rings. The highest BCUT2D eigenvalue weighted by Gasteiger charge is 2.13. The molecule has 0 amide bonds. The molecule has 3 aromatic heterocycles. The molecule has 2 N–H and O–H groups in total. The number of anilines is 3. The molecule has 5 heteroatoms. The predicted molar refractivity (Wildman–Crippen MR) is 113 cm³/mol. The number of H-pyrrole nitrogens is 1. The van der Waals surface area contributed by atoms with Crippen LogP contribution in [-0.2, 0) is 0 Å². The molecule has 0 radical (unpaired) electrons. The minimum atomic E-state index is 0.843. The minimum Gasteiger partial charge on any atom is -0.378 e. The van der Waals surface area contributed by atoms with Crippen LogP contribution in [0.1, 0.15) is 0 Å². The zero-order valence-corrected chi connectivity index (χ0v) is 15.2. The van der Waals surface area contributed by atoms with Crippen molar-refractivity contribution in [2.24, 2.45) is 0 Å². The Kier molecular flexibility index (Phi) is 3.47. The smallest absolute Gasteiger partial charge is 0.141 e. The van der Waals surface area contributed by atoms with Crippen molar-refractivity contribution in [2.45, 2.75) is 0 Å². The standard InChI is InChI=1S/C22H19N5/c1-27(2)15-9-7-14(8-10-15)24-21-17-6-4-3-5-16(17)20-18-13-23-12-11-19(18)25-22(20)26-21/h3-13H,1-2H3,(H2,24,25,26). The topological polar surface area (TPSA) is 56.8 Å². The Morgan fingerprint density at radius 3 is 2.44 bits per heavy atom. The van der Waals surface area contributed by atoms with Gasteiger partial charge in [-0.05, 0) is 35.7 Å². The summed E-state index contributed by atoms with van der Waals surface area (Å²) in [5.74, 6) is 0.843. The van der Waals surface area contributed by atoms with Crippen LogP contribution in [-0.4, -0.2) is 29.0 Å². The fraction of sp³-hybridized carbons (Fsp3) is 0.0909. The first-order chi connectivity index (χ1) is 13.2. The summed E-state index contributed by atoms with van der Waals surface area (Å²) >= 11 is 0. The Balaban J connectivity index is 1.70. The van der Waals surface area contributed by atoms with Crippen molar-refractivity contribution >= 4 is 49.9 Å². The zero-order chi connectivity index (χ0) is 18.4. The Hall–Kier alpha value is -3.60. The van der Waals surface area contributed by atoms with Crippen molar-refractivity contribution in [1.82, 2.24) is 15.0 Å². The van der Waals surface area contributed by atoms with Crippen LogP contribution in [0.2, 0.25) is 0 Å². The maximum Gasteiger partial charge on any atom is 0.141 e. The summed E-state index contributed by atoms with van der Waals surface area (Å²) in [6.07, 6.45) is 3.70. The molecule has 0 aliphatic carbocycles. The van der Waals surface area contributed by atoms with Crippen molar-refractivity contribution in [3.63, 3.8) is 0 Å². The fourth-order valence-corrected chi connectivity index (χ4v) is 3.53. The Labute approximate surface area is 156 Å². The molecule has 0 unspecified atom stereocenters. The molecule has 3 heterocycles. The monoisotopic (exact) mass is 353 g/mol. The number of pyridine rings is 2. The lowest BCUT2D eigenvalue weighted by Gasteiger charge is -2.14. The third-order valence-corrected chi connectivity index (χ3v) is 4.90. The van der Waals surface area contributed by atoms with Crippen LogP contribution in [0, 0.1) is 0 Å². The van der Waals surface area contributed by atoms with Gasteiger partial charge in [0.05, 0.1) is 5.52 Å². The third-order valence-electron chi connectivity index (χ3n) is 4.90. The molecule has 2 aromatic carbocycles. The van der Waals surface area contributed by atoms with Gasteiger partial charge >= 0.3 is 0 Å². The maximum absolute atomic E-state index is 4.89. The number of hydrogen-bond acceptors (Lipinski definition) is 4. The van der Waals surface area contributed by atoms with Crippen molar-refractivity contribution in [1.29, 1.82) is 0 Å². The molecule has 27 heavy (non-hydrogen) atoms. The molecule has 0 spiro atoms. The highest BCUT2D eigenvalue weighted by atomic mass is 15.1. The summed E-state index contributed by atoms with van der Waals surface area (Å²) in [5, 5.41) is 7.94. The van der Waals surface area contributed by atoms with Crippen LogP contribution < -0.4 is 10.2 Å². The molecular weight excluding hydrogens is 334 g/mol. The summed E-state index contributed by atoms with van der Waals surface area (Å²) in [4.78, 5) is 14.7. The first-order valence-electron chi connectivity index (χ1n) is 8.89. The van der Waals surface area contributed by atoms with E-state index in [2.05, 4.69) is 62.6 Å². The second-order valence-electron chi connectivity index (χ2n) is 6.84. The second kappa shape index (κ2) is 5.99. The SMILES string of the molecule is CN(C)c1ccc(Nc2nc3[nH]c4ccncc4c3c3ccccc23)cc1. The van der Waals surface area contributed by atoms with Crippen LogP contribution in [0.5, 0.6) is 0 Å². The molecule has 132 valence electrons. The predicted octanol–water partition coefficient (Wildman–Crippen LogP) is 5.07. The van der Waals surface area contributed by atoms with E-state index >= 15 is 0 Å². The van der Waals surface area contributed by atoms with Gasteiger partial charge in [-0.25, -0.2) is 4.98 Å². The summed E-state index contributed by atoms with van der Waals surface area (Å²) in [7, 11) is 4.08. The summed E-state index contributed by atoms with van der Waals surface area (Å²) in [6.45, 7) is 0. The quantitative estimate of drug-likeness (QED) is 0.475. The number of aromatic amines is 1. The van der Waals surface area contributed by atoms with Gasteiger partial charge in [-0.1, -0.05) is 24.3 Å². The van der Waals surface area contributed by atoms with Gasteiger partial charge in [0.2, 0.25) is 0 Å². The molecule has 0 atom stereocenters. The van der Waals surface area contributed by atoms with E-state index in [1.807, 2.05) is 32.4 Å². The van der Waals surface area contributed by atoms with E-state index in [0.717, 1.165) is 49.9 Å². The van der Waals surface area contributed by atoms with E-state index in [0.29, 0.717) is 0 Å². The van der Waals surface area contributed by atoms with E-state index in [-0.39, 0.29) is 0 Å². The Bertz CT molecular complexity index is 1270. The average Bonchev–Trinajstić information content (AvgIpc) is 3.07. The van der Waals surface area contributed by atoms with Crippen LogP contribution in [0.15, 0.2) is 67.0 Å². The maximum atomic E-state index is 4.89. The molecule has 0 saturated carbocycles. The summed E-state index contributed by atoms with van der Waals surface area (Å²) in [6, 6.07) is 18.7. The zero-order valence-electron chi connectivity index (χ0n) is 15.2. The van der Waals surface area contributed by atoms with Crippen molar-refractivity contribution < 1.29 is 0 Å². The van der Waals surface area contributed by atoms with Crippen molar-refractivity contribution in [2.75, 3.05) is 24.3 Å². The second-order valence-corrected chi connectivity index (χ2v) is 6.84. The number of rotatable bonds is 3. The molecule has 0 bridgehead atoms. The Morgan fingerprint density at radius 1 is 0.889 bits per heavy atom. The van der Waals surface area contributed by atoms with Gasteiger partial charge in [0.1, 0.15) is 11.5 Å². The normalized spacial score (nSPS) is 11.3. The lowest BCUT2D eigenvalue weighted by Crippen LogP contribution is -2.08. The molecule has 5 aromatic rings. The number of nitrogens with zero attached hydrogens (tertiary/aromatic N) is 3. The number of benzene rings is 2. The molecule has 0 aliphatic rings. The lowest BCUT2D eigenvalue weighted by molar-refractivity contribution is 1.13. The number of nitrogens with one attached hydrogen (secondary N) is 2. The Morgan fingerprint density at radius 2 is 1.67 bits per heavy atom. The first-order valence-corrected chi connectivity index (χ1v) is 8.89. The van der Waals surface area contributed by atoms with Crippen molar-refractivity contribution in [3.8, 4) is 0 Å². The van der Waals surface area contributed by atoms with Crippen LogP contribution in [0.4, 0.5) is 17.2 Å². The van der Waals surface area contributed by atoms with Gasteiger partial charge in [-0.15, -0.1) is 0 Å². The highest BCUT2D eigenvalue weighted by molar-refractivity contribution is 6.20. The fourth-order valence-electron chi connectivity index (χ4n) is 3.53. The minimum absolute atomic E-state index is 0.843. The molecule has 5 nitrogen and oxygen atoms in total. The lowest BCUT2D eigenvalue weighted by atomic mass is 10.1. The van der Waals surface area contributed by atoms with E-state index in [1.54, 1.807) is 6.20 Å².